The Bertz CT molecular complexity index is 1050. The molecule has 0 radical (unpaired) electrons. The van der Waals surface area contributed by atoms with Crippen LogP contribution in [0.1, 0.15) is 41.6 Å². The van der Waals surface area contributed by atoms with Gasteiger partial charge in [0.1, 0.15) is 17.2 Å². The van der Waals surface area contributed by atoms with Gasteiger partial charge in [0, 0.05) is 30.9 Å². The number of ether oxygens (including phenoxy) is 3. The molecule has 0 unspecified atom stereocenters. The first-order chi connectivity index (χ1) is 15.5. The number of carbonyl (C=O) groups is 2. The van der Waals surface area contributed by atoms with Crippen LogP contribution in [0.2, 0.25) is 0 Å². The quantitative estimate of drug-likeness (QED) is 0.751. The number of rotatable bonds is 5. The summed E-state index contributed by atoms with van der Waals surface area (Å²) in [4.78, 5) is 25.9. The van der Waals surface area contributed by atoms with Gasteiger partial charge < -0.3 is 24.8 Å². The number of nitrogens with one attached hydrogen (secondary N) is 2. The van der Waals surface area contributed by atoms with Crippen LogP contribution < -0.4 is 24.8 Å². The molecule has 2 aromatic rings. The molecule has 3 aliphatic carbocycles. The van der Waals surface area contributed by atoms with Crippen molar-refractivity contribution in [2.45, 2.75) is 38.0 Å². The number of benzene rings is 2. The van der Waals surface area contributed by atoms with E-state index < -0.39 is 5.72 Å². The van der Waals surface area contributed by atoms with Crippen molar-refractivity contribution in [1.82, 2.24) is 10.6 Å². The number of fused-ring (bicyclic) bond motifs is 3. The van der Waals surface area contributed by atoms with Crippen LogP contribution in [0.25, 0.3) is 0 Å². The maximum absolute atomic E-state index is 13.0. The Labute approximate surface area is 187 Å². The van der Waals surface area contributed by atoms with Crippen molar-refractivity contribution < 1.29 is 23.8 Å². The Morgan fingerprint density at radius 1 is 1.16 bits per heavy atom. The molecular formula is C25H28N2O5. The summed E-state index contributed by atoms with van der Waals surface area (Å²) in [6, 6.07) is 13.0. The van der Waals surface area contributed by atoms with E-state index in [-0.39, 0.29) is 29.6 Å². The fraction of sp³-hybridized carbons (Fsp3) is 0.440. The van der Waals surface area contributed by atoms with E-state index in [9.17, 15) is 9.59 Å². The molecule has 7 heteroatoms. The van der Waals surface area contributed by atoms with Crippen LogP contribution in [-0.2, 0) is 11.3 Å². The molecule has 2 N–H and O–H groups in total. The summed E-state index contributed by atoms with van der Waals surface area (Å²) >= 11 is 0. The molecule has 3 fully saturated rings. The minimum atomic E-state index is -0.747. The predicted octanol–water partition coefficient (Wildman–Crippen LogP) is 3.27. The molecule has 2 aromatic carbocycles. The van der Waals surface area contributed by atoms with Gasteiger partial charge in [-0.3, -0.25) is 9.59 Å². The SMILES string of the molecule is COc1cccc(CNC(=O)[C@H]2C[C@@H]3CC[C@@H]2C[C@@]32NC(=O)c3ccc(OC)cc3O2)c1. The smallest absolute Gasteiger partial charge is 0.258 e. The zero-order valence-electron chi connectivity index (χ0n) is 18.4. The Balaban J connectivity index is 1.29. The Hall–Kier alpha value is -3.22. The third-order valence-corrected chi connectivity index (χ3v) is 7.21. The zero-order chi connectivity index (χ0) is 22.3. The molecule has 168 valence electrons. The first kappa shape index (κ1) is 20.7. The highest BCUT2D eigenvalue weighted by Gasteiger charge is 2.57. The van der Waals surface area contributed by atoms with Gasteiger partial charge in [0.25, 0.3) is 5.91 Å². The molecule has 1 heterocycles. The molecule has 0 aromatic heterocycles. The molecule has 6 rings (SSSR count). The third kappa shape index (κ3) is 3.55. The van der Waals surface area contributed by atoms with Crippen molar-refractivity contribution in [1.29, 1.82) is 0 Å². The summed E-state index contributed by atoms with van der Waals surface area (Å²) in [7, 11) is 3.23. The van der Waals surface area contributed by atoms with Crippen molar-refractivity contribution in [2.24, 2.45) is 17.8 Å². The fourth-order valence-corrected chi connectivity index (χ4v) is 5.54. The molecule has 2 bridgehead atoms. The number of amides is 2. The molecule has 0 saturated heterocycles. The first-order valence-corrected chi connectivity index (χ1v) is 11.1. The average molecular weight is 437 g/mol. The molecule has 1 aliphatic heterocycles. The summed E-state index contributed by atoms with van der Waals surface area (Å²) in [6.07, 6.45) is 3.24. The van der Waals surface area contributed by atoms with E-state index in [1.54, 1.807) is 32.4 Å². The Morgan fingerprint density at radius 2 is 1.97 bits per heavy atom. The van der Waals surface area contributed by atoms with Gasteiger partial charge in [0.2, 0.25) is 5.91 Å². The molecule has 2 amide bonds. The number of hydrogen-bond acceptors (Lipinski definition) is 5. The van der Waals surface area contributed by atoms with E-state index >= 15 is 0 Å². The highest BCUT2D eigenvalue weighted by atomic mass is 16.5. The third-order valence-electron chi connectivity index (χ3n) is 7.21. The maximum atomic E-state index is 13.0. The minimum Gasteiger partial charge on any atom is -0.497 e. The van der Waals surface area contributed by atoms with Crippen LogP contribution in [0, 0.1) is 17.8 Å². The van der Waals surface area contributed by atoms with Gasteiger partial charge in [-0.15, -0.1) is 0 Å². The molecule has 32 heavy (non-hydrogen) atoms. The molecule has 4 atom stereocenters. The second-order valence-electron chi connectivity index (χ2n) is 8.96. The number of methoxy groups -OCH3 is 2. The van der Waals surface area contributed by atoms with Crippen molar-refractivity contribution in [2.75, 3.05) is 14.2 Å². The van der Waals surface area contributed by atoms with Crippen LogP contribution >= 0.6 is 0 Å². The highest BCUT2D eigenvalue weighted by Crippen LogP contribution is 2.52. The van der Waals surface area contributed by atoms with E-state index in [2.05, 4.69) is 10.6 Å². The average Bonchev–Trinajstić information content (AvgIpc) is 2.82. The number of carbonyl (C=O) groups excluding carboxylic acids is 2. The van der Waals surface area contributed by atoms with Crippen molar-refractivity contribution >= 4 is 11.8 Å². The zero-order valence-corrected chi connectivity index (χ0v) is 18.4. The molecule has 4 aliphatic rings. The topological polar surface area (TPSA) is 85.9 Å². The normalized spacial score (nSPS) is 27.8. The lowest BCUT2D eigenvalue weighted by molar-refractivity contribution is -0.146. The monoisotopic (exact) mass is 436 g/mol. The van der Waals surface area contributed by atoms with Crippen molar-refractivity contribution in [3.05, 3.63) is 53.6 Å². The predicted molar refractivity (Wildman–Crippen MR) is 118 cm³/mol. The standard InChI is InChI=1S/C25H28N2O5/c1-30-18-5-3-4-15(10-18)14-26-23(28)21-11-17-7-6-16(21)13-25(17)27-24(29)20-9-8-19(31-2)12-22(20)32-25/h3-5,8-10,12,16-17,21H,6-7,11,13-14H2,1-2H3,(H,26,28)(H,27,29)/t16-,17+,21+,25+/m1/s1. The van der Waals surface area contributed by atoms with Crippen LogP contribution in [0.4, 0.5) is 0 Å². The van der Waals surface area contributed by atoms with Gasteiger partial charge in [-0.05, 0) is 55.0 Å². The van der Waals surface area contributed by atoms with Crippen LogP contribution in [0.3, 0.4) is 0 Å². The number of hydrogen-bond donors (Lipinski definition) is 2. The fourth-order valence-electron chi connectivity index (χ4n) is 5.54. The van der Waals surface area contributed by atoms with Crippen LogP contribution in [-0.4, -0.2) is 31.8 Å². The van der Waals surface area contributed by atoms with Crippen LogP contribution in [0.15, 0.2) is 42.5 Å². The summed E-state index contributed by atoms with van der Waals surface area (Å²) < 4.78 is 17.0. The van der Waals surface area contributed by atoms with Crippen molar-refractivity contribution in [3.8, 4) is 17.2 Å². The molecule has 1 spiro atoms. The lowest BCUT2D eigenvalue weighted by atomic mass is 9.60. The van der Waals surface area contributed by atoms with Gasteiger partial charge in [-0.1, -0.05) is 12.1 Å². The van der Waals surface area contributed by atoms with E-state index in [0.29, 0.717) is 36.4 Å². The summed E-state index contributed by atoms with van der Waals surface area (Å²) in [6.45, 7) is 0.468. The van der Waals surface area contributed by atoms with Gasteiger partial charge >= 0.3 is 0 Å². The lowest BCUT2D eigenvalue weighted by Gasteiger charge is -2.55. The summed E-state index contributed by atoms with van der Waals surface area (Å²) in [5.74, 6) is 2.11. The van der Waals surface area contributed by atoms with E-state index in [0.717, 1.165) is 24.2 Å². The minimum absolute atomic E-state index is 0.0709. The summed E-state index contributed by atoms with van der Waals surface area (Å²) in [5.41, 5.74) is 0.775. The second-order valence-corrected chi connectivity index (χ2v) is 8.96. The first-order valence-electron chi connectivity index (χ1n) is 11.1. The lowest BCUT2D eigenvalue weighted by Crippen LogP contribution is -2.66. The van der Waals surface area contributed by atoms with Crippen LogP contribution in [0.5, 0.6) is 17.2 Å². The Morgan fingerprint density at radius 3 is 2.72 bits per heavy atom. The molecule has 7 nitrogen and oxygen atoms in total. The van der Waals surface area contributed by atoms with Gasteiger partial charge in [0.15, 0.2) is 5.72 Å². The van der Waals surface area contributed by atoms with Gasteiger partial charge in [-0.25, -0.2) is 0 Å². The van der Waals surface area contributed by atoms with Crippen molar-refractivity contribution in [3.63, 3.8) is 0 Å². The Kier molecular flexibility index (Phi) is 5.19. The van der Waals surface area contributed by atoms with Gasteiger partial charge in [-0.2, -0.15) is 0 Å². The largest absolute Gasteiger partial charge is 0.497 e. The maximum Gasteiger partial charge on any atom is 0.258 e. The highest BCUT2D eigenvalue weighted by molar-refractivity contribution is 5.98. The molecule has 3 saturated carbocycles. The second kappa shape index (κ2) is 8.04. The van der Waals surface area contributed by atoms with E-state index in [4.69, 9.17) is 14.2 Å². The summed E-state index contributed by atoms with van der Waals surface area (Å²) in [5, 5.41) is 6.24. The van der Waals surface area contributed by atoms with Gasteiger partial charge in [0.05, 0.1) is 19.8 Å². The molecular weight excluding hydrogens is 408 g/mol. The van der Waals surface area contributed by atoms with E-state index in [1.165, 1.54) is 0 Å². The van der Waals surface area contributed by atoms with E-state index in [1.807, 2.05) is 24.3 Å².